The van der Waals surface area contributed by atoms with Crippen molar-refractivity contribution in [1.82, 2.24) is 5.32 Å². The molecule has 1 atom stereocenters. The van der Waals surface area contributed by atoms with Crippen LogP contribution in [0.4, 0.5) is 5.69 Å². The van der Waals surface area contributed by atoms with Crippen molar-refractivity contribution < 1.29 is 9.59 Å². The average molecular weight is 369 g/mol. The molecule has 2 aliphatic rings. The minimum atomic E-state index is 0.0100. The Labute approximate surface area is 158 Å². The van der Waals surface area contributed by atoms with Crippen molar-refractivity contribution in [2.45, 2.75) is 45.6 Å². The summed E-state index contributed by atoms with van der Waals surface area (Å²) in [5.41, 5.74) is 3.35. The van der Waals surface area contributed by atoms with E-state index in [4.69, 9.17) is 0 Å². The van der Waals surface area contributed by atoms with Crippen molar-refractivity contribution in [3.63, 3.8) is 0 Å². The van der Waals surface area contributed by atoms with Gasteiger partial charge in [0, 0.05) is 30.1 Å². The third-order valence-corrected chi connectivity index (χ3v) is 6.56. The normalized spacial score (nSPS) is 19.5. The summed E-state index contributed by atoms with van der Waals surface area (Å²) in [7, 11) is 0. The third-order valence-electron chi connectivity index (χ3n) is 5.33. The summed E-state index contributed by atoms with van der Waals surface area (Å²) in [4.78, 5) is 28.3. The summed E-state index contributed by atoms with van der Waals surface area (Å²) in [5.74, 6) is 0.923. The molecule has 1 saturated heterocycles. The predicted octanol–water partition coefficient (Wildman–Crippen LogP) is 3.93. The van der Waals surface area contributed by atoms with Gasteiger partial charge in [0.25, 0.3) is 5.91 Å². The lowest BCUT2D eigenvalue weighted by Crippen LogP contribution is -2.24. The highest BCUT2D eigenvalue weighted by Crippen LogP contribution is 2.32. The van der Waals surface area contributed by atoms with Crippen LogP contribution in [0.3, 0.4) is 0 Å². The zero-order valence-corrected chi connectivity index (χ0v) is 15.9. The Hall–Kier alpha value is -2.14. The minimum absolute atomic E-state index is 0.0100. The Balaban J connectivity index is 1.36. The Morgan fingerprint density at radius 1 is 1.27 bits per heavy atom. The molecule has 0 unspecified atom stereocenters. The molecule has 136 valence electrons. The lowest BCUT2D eigenvalue weighted by atomic mass is 9.90. The van der Waals surface area contributed by atoms with E-state index in [1.54, 1.807) is 11.3 Å². The van der Waals surface area contributed by atoms with Crippen molar-refractivity contribution in [2.24, 2.45) is 5.92 Å². The molecule has 1 N–H and O–H groups in total. The Morgan fingerprint density at radius 2 is 2.08 bits per heavy atom. The number of fused-ring (bicyclic) bond motifs is 1. The van der Waals surface area contributed by atoms with Gasteiger partial charge in [0.2, 0.25) is 5.91 Å². The molecule has 0 spiro atoms. The van der Waals surface area contributed by atoms with Gasteiger partial charge in [-0.1, -0.05) is 19.1 Å². The number of benzene rings is 1. The van der Waals surface area contributed by atoms with Crippen LogP contribution in [-0.2, 0) is 24.2 Å². The molecule has 2 heterocycles. The molecule has 1 fully saturated rings. The number of amides is 2. The summed E-state index contributed by atoms with van der Waals surface area (Å²) in [5, 5.41) is 3.02. The minimum Gasteiger partial charge on any atom is -0.347 e. The number of carbonyl (C=O) groups excluding carboxylic acids is 2. The van der Waals surface area contributed by atoms with E-state index in [-0.39, 0.29) is 11.8 Å². The van der Waals surface area contributed by atoms with Crippen molar-refractivity contribution in [3.8, 4) is 0 Å². The fourth-order valence-corrected chi connectivity index (χ4v) is 4.93. The molecular formula is C21H24N2O2S. The van der Waals surface area contributed by atoms with Gasteiger partial charge in [-0.3, -0.25) is 9.59 Å². The van der Waals surface area contributed by atoms with Crippen LogP contribution in [0.5, 0.6) is 0 Å². The molecule has 26 heavy (non-hydrogen) atoms. The SMILES string of the molecule is C[C@H]1CCc2sc(C(=O)NCc3ccc(N4CCCC4=O)cc3)cc2C1. The van der Waals surface area contributed by atoms with Gasteiger partial charge in [-0.05, 0) is 60.9 Å². The number of hydrogen-bond donors (Lipinski definition) is 1. The lowest BCUT2D eigenvalue weighted by molar-refractivity contribution is -0.117. The quantitative estimate of drug-likeness (QED) is 0.889. The van der Waals surface area contributed by atoms with Crippen molar-refractivity contribution in [3.05, 3.63) is 51.2 Å². The number of aryl methyl sites for hydroxylation is 1. The maximum Gasteiger partial charge on any atom is 0.261 e. The van der Waals surface area contributed by atoms with Crippen LogP contribution in [0.25, 0.3) is 0 Å². The highest BCUT2D eigenvalue weighted by Gasteiger charge is 2.22. The van der Waals surface area contributed by atoms with Crippen LogP contribution in [0.15, 0.2) is 30.3 Å². The predicted molar refractivity (Wildman–Crippen MR) is 105 cm³/mol. The Kier molecular flexibility index (Phi) is 4.81. The summed E-state index contributed by atoms with van der Waals surface area (Å²) < 4.78 is 0. The number of nitrogens with one attached hydrogen (secondary N) is 1. The number of hydrogen-bond acceptors (Lipinski definition) is 3. The van der Waals surface area contributed by atoms with Crippen LogP contribution >= 0.6 is 11.3 Å². The second-order valence-corrected chi connectivity index (χ2v) is 8.54. The van der Waals surface area contributed by atoms with E-state index < -0.39 is 0 Å². The zero-order chi connectivity index (χ0) is 18.1. The second-order valence-electron chi connectivity index (χ2n) is 7.41. The molecule has 4 rings (SSSR count). The zero-order valence-electron chi connectivity index (χ0n) is 15.1. The topological polar surface area (TPSA) is 49.4 Å². The van der Waals surface area contributed by atoms with E-state index in [2.05, 4.69) is 18.3 Å². The lowest BCUT2D eigenvalue weighted by Gasteiger charge is -2.16. The standard InChI is InChI=1S/C21H24N2O2S/c1-14-4-9-18-16(11-14)12-19(26-18)21(25)22-13-15-5-7-17(8-6-15)23-10-2-3-20(23)24/h5-8,12,14H,2-4,9-11,13H2,1H3,(H,22,25)/t14-/m0/s1. The van der Waals surface area contributed by atoms with E-state index in [0.717, 1.165) is 41.9 Å². The van der Waals surface area contributed by atoms with Gasteiger partial charge in [0.1, 0.15) is 0 Å². The smallest absolute Gasteiger partial charge is 0.261 e. The van der Waals surface area contributed by atoms with Crippen LogP contribution in [-0.4, -0.2) is 18.4 Å². The molecule has 2 aromatic rings. The fraction of sp³-hybridized carbons (Fsp3) is 0.429. The molecule has 0 saturated carbocycles. The molecular weight excluding hydrogens is 344 g/mol. The van der Waals surface area contributed by atoms with Crippen molar-refractivity contribution >= 4 is 28.8 Å². The highest BCUT2D eigenvalue weighted by atomic mass is 32.1. The first-order chi connectivity index (χ1) is 12.6. The van der Waals surface area contributed by atoms with Gasteiger partial charge in [-0.2, -0.15) is 0 Å². The van der Waals surface area contributed by atoms with Gasteiger partial charge in [0.15, 0.2) is 0 Å². The number of anilines is 1. The summed E-state index contributed by atoms with van der Waals surface area (Å²) in [6.45, 7) is 3.59. The molecule has 2 amide bonds. The van der Waals surface area contributed by atoms with E-state index in [9.17, 15) is 9.59 Å². The van der Waals surface area contributed by atoms with Crippen LogP contribution in [0, 0.1) is 5.92 Å². The first-order valence-electron chi connectivity index (χ1n) is 9.39. The van der Waals surface area contributed by atoms with Crippen molar-refractivity contribution in [1.29, 1.82) is 0 Å². The number of thiophene rings is 1. The van der Waals surface area contributed by atoms with Crippen LogP contribution in [0.1, 0.15) is 51.9 Å². The Bertz CT molecular complexity index is 825. The van der Waals surface area contributed by atoms with Gasteiger partial charge >= 0.3 is 0 Å². The summed E-state index contributed by atoms with van der Waals surface area (Å²) >= 11 is 1.64. The van der Waals surface area contributed by atoms with Crippen LogP contribution < -0.4 is 10.2 Å². The van der Waals surface area contributed by atoms with Crippen molar-refractivity contribution in [2.75, 3.05) is 11.4 Å². The number of nitrogens with zero attached hydrogens (tertiary/aromatic N) is 1. The molecule has 1 aromatic heterocycles. The largest absolute Gasteiger partial charge is 0.347 e. The molecule has 1 aromatic carbocycles. The monoisotopic (exact) mass is 368 g/mol. The van der Waals surface area contributed by atoms with E-state index in [0.29, 0.717) is 18.9 Å². The third kappa shape index (κ3) is 3.54. The average Bonchev–Trinajstić information content (AvgIpc) is 3.26. The maximum absolute atomic E-state index is 12.5. The Morgan fingerprint density at radius 3 is 2.81 bits per heavy atom. The molecule has 0 bridgehead atoms. The van der Waals surface area contributed by atoms with Crippen LogP contribution in [0.2, 0.25) is 0 Å². The van der Waals surface area contributed by atoms with E-state index >= 15 is 0 Å². The summed E-state index contributed by atoms with van der Waals surface area (Å²) in [6, 6.07) is 9.99. The first-order valence-corrected chi connectivity index (χ1v) is 10.2. The number of rotatable bonds is 4. The van der Waals surface area contributed by atoms with Gasteiger partial charge in [-0.25, -0.2) is 0 Å². The molecule has 0 radical (unpaired) electrons. The molecule has 5 heteroatoms. The first kappa shape index (κ1) is 17.3. The van der Waals surface area contributed by atoms with Gasteiger partial charge in [0.05, 0.1) is 4.88 Å². The van der Waals surface area contributed by atoms with Gasteiger partial charge in [-0.15, -0.1) is 11.3 Å². The van der Waals surface area contributed by atoms with E-state index in [1.807, 2.05) is 29.2 Å². The van der Waals surface area contributed by atoms with E-state index in [1.165, 1.54) is 16.9 Å². The number of carbonyl (C=O) groups is 2. The summed E-state index contributed by atoms with van der Waals surface area (Å²) in [6.07, 6.45) is 4.99. The highest BCUT2D eigenvalue weighted by molar-refractivity contribution is 7.14. The fourth-order valence-electron chi connectivity index (χ4n) is 3.80. The maximum atomic E-state index is 12.5. The second kappa shape index (κ2) is 7.23. The molecule has 1 aliphatic heterocycles. The molecule has 4 nitrogen and oxygen atoms in total. The van der Waals surface area contributed by atoms with Gasteiger partial charge < -0.3 is 10.2 Å². The molecule has 1 aliphatic carbocycles.